The molecule has 4 nitrogen and oxygen atoms in total. The van der Waals surface area contributed by atoms with Gasteiger partial charge in [-0.2, -0.15) is 0 Å². The van der Waals surface area contributed by atoms with Crippen LogP contribution in [0.5, 0.6) is 0 Å². The van der Waals surface area contributed by atoms with Crippen LogP contribution in [-0.2, 0) is 4.74 Å². The van der Waals surface area contributed by atoms with Gasteiger partial charge in [-0.1, -0.05) is 36.9 Å². The van der Waals surface area contributed by atoms with Gasteiger partial charge in [0.2, 0.25) is 0 Å². The van der Waals surface area contributed by atoms with E-state index >= 15 is 0 Å². The molecule has 2 N–H and O–H groups in total. The molecule has 0 aliphatic carbocycles. The predicted octanol–water partition coefficient (Wildman–Crippen LogP) is 2.80. The minimum absolute atomic E-state index is 0.366. The maximum absolute atomic E-state index is 11.3. The molecule has 1 rings (SSSR count). The summed E-state index contributed by atoms with van der Waals surface area (Å²) in [5.41, 5.74) is 1.51. The molecule has 0 fully saturated rings. The molecule has 0 unspecified atom stereocenters. The third-order valence-electron chi connectivity index (χ3n) is 2.82. The highest BCUT2D eigenvalue weighted by Crippen LogP contribution is 2.22. The molecule has 104 valence electrons. The lowest BCUT2D eigenvalue weighted by Crippen LogP contribution is -2.28. The van der Waals surface area contributed by atoms with Crippen molar-refractivity contribution in [2.45, 2.75) is 32.5 Å². The maximum Gasteiger partial charge on any atom is 0.407 e. The van der Waals surface area contributed by atoms with Crippen molar-refractivity contribution in [1.29, 1.82) is 0 Å². The first kappa shape index (κ1) is 15.2. The van der Waals surface area contributed by atoms with Crippen molar-refractivity contribution < 1.29 is 14.6 Å². The molecule has 0 heterocycles. The lowest BCUT2D eigenvalue weighted by atomic mass is 10.00. The van der Waals surface area contributed by atoms with Crippen molar-refractivity contribution in [2.75, 3.05) is 6.54 Å². The quantitative estimate of drug-likeness (QED) is 0.776. The summed E-state index contributed by atoms with van der Waals surface area (Å²) in [5.74, 6) is 0. The zero-order valence-corrected chi connectivity index (χ0v) is 11.4. The smallest absolute Gasteiger partial charge is 0.407 e. The van der Waals surface area contributed by atoms with Crippen molar-refractivity contribution >= 4 is 6.09 Å². The van der Waals surface area contributed by atoms with Crippen LogP contribution < -0.4 is 5.32 Å². The molecule has 1 amide bonds. The minimum atomic E-state index is -0.631. The Balaban J connectivity index is 2.48. The van der Waals surface area contributed by atoms with Crippen molar-refractivity contribution in [1.82, 2.24) is 5.32 Å². The number of rotatable bonds is 6. The van der Waals surface area contributed by atoms with Crippen LogP contribution in [0.25, 0.3) is 0 Å². The molecule has 0 spiro atoms. The Morgan fingerprint density at radius 1 is 1.42 bits per heavy atom. The van der Waals surface area contributed by atoms with E-state index in [1.54, 1.807) is 6.92 Å². The van der Waals surface area contributed by atoms with Crippen LogP contribution in [0.1, 0.15) is 31.9 Å². The molecular weight excluding hydrogens is 242 g/mol. The number of hydrogen-bond acceptors (Lipinski definition) is 3. The van der Waals surface area contributed by atoms with E-state index in [-0.39, 0.29) is 0 Å². The van der Waals surface area contributed by atoms with E-state index < -0.39 is 18.3 Å². The number of nitrogens with one attached hydrogen (secondary N) is 1. The summed E-state index contributed by atoms with van der Waals surface area (Å²) in [4.78, 5) is 11.3. The molecular formula is C15H21NO3. The maximum atomic E-state index is 11.3. The Hall–Kier alpha value is -1.81. The van der Waals surface area contributed by atoms with Gasteiger partial charge in [0.25, 0.3) is 0 Å². The second kappa shape index (κ2) is 7.59. The number of benzene rings is 1. The highest BCUT2D eigenvalue weighted by Gasteiger charge is 2.16. The summed E-state index contributed by atoms with van der Waals surface area (Å²) in [6.07, 6.45) is -1.16. The molecule has 1 aromatic rings. The van der Waals surface area contributed by atoms with E-state index in [4.69, 9.17) is 4.74 Å². The first-order chi connectivity index (χ1) is 9.04. The van der Waals surface area contributed by atoms with Crippen LogP contribution in [0.4, 0.5) is 4.79 Å². The second-order valence-electron chi connectivity index (χ2n) is 4.37. The van der Waals surface area contributed by atoms with Crippen LogP contribution in [0, 0.1) is 0 Å². The predicted molar refractivity (Wildman–Crippen MR) is 74.8 cm³/mol. The monoisotopic (exact) mass is 263 g/mol. The van der Waals surface area contributed by atoms with E-state index in [1.807, 2.05) is 37.3 Å². The van der Waals surface area contributed by atoms with Gasteiger partial charge >= 0.3 is 6.09 Å². The highest BCUT2D eigenvalue weighted by atomic mass is 16.6. The number of amides is 1. The van der Waals surface area contributed by atoms with E-state index in [9.17, 15) is 9.90 Å². The molecule has 1 aromatic carbocycles. The fourth-order valence-electron chi connectivity index (χ4n) is 1.64. The van der Waals surface area contributed by atoms with Gasteiger partial charge in [0.15, 0.2) is 0 Å². The standard InChI is InChI=1S/C15H21NO3/c1-4-16-15(18)19-12(3)11(2)10-14(17)13-8-6-5-7-9-13/h5-9,12,14,17H,2,4,10H2,1,3H3,(H,16,18)/t12-,14-/m1/s1. The Morgan fingerprint density at radius 2 is 2.05 bits per heavy atom. The summed E-state index contributed by atoms with van der Waals surface area (Å²) in [5, 5.41) is 12.6. The molecule has 4 heteroatoms. The van der Waals surface area contributed by atoms with Crippen LogP contribution in [0.2, 0.25) is 0 Å². The zero-order valence-electron chi connectivity index (χ0n) is 11.4. The van der Waals surface area contributed by atoms with Crippen molar-refractivity contribution in [2.24, 2.45) is 0 Å². The van der Waals surface area contributed by atoms with Crippen LogP contribution >= 0.6 is 0 Å². The van der Waals surface area contributed by atoms with E-state index in [0.29, 0.717) is 18.5 Å². The fraction of sp³-hybridized carbons (Fsp3) is 0.400. The van der Waals surface area contributed by atoms with Gasteiger partial charge in [0.1, 0.15) is 6.10 Å². The molecule has 19 heavy (non-hydrogen) atoms. The molecule has 0 saturated heterocycles. The molecule has 0 aromatic heterocycles. The van der Waals surface area contributed by atoms with Crippen molar-refractivity contribution in [3.8, 4) is 0 Å². The molecule has 0 aliphatic rings. The highest BCUT2D eigenvalue weighted by molar-refractivity contribution is 5.67. The first-order valence-corrected chi connectivity index (χ1v) is 6.39. The van der Waals surface area contributed by atoms with Crippen molar-refractivity contribution in [3.05, 3.63) is 48.0 Å². The molecule has 0 radical (unpaired) electrons. The number of alkyl carbamates (subject to hydrolysis) is 1. The Morgan fingerprint density at radius 3 is 2.63 bits per heavy atom. The van der Waals surface area contributed by atoms with Crippen molar-refractivity contribution in [3.63, 3.8) is 0 Å². The summed E-state index contributed by atoms with van der Waals surface area (Å²) in [7, 11) is 0. The topological polar surface area (TPSA) is 58.6 Å². The van der Waals surface area contributed by atoms with Crippen LogP contribution in [0.15, 0.2) is 42.5 Å². The number of aliphatic hydroxyl groups is 1. The number of aliphatic hydroxyl groups excluding tert-OH is 1. The Bertz CT molecular complexity index is 417. The first-order valence-electron chi connectivity index (χ1n) is 6.39. The second-order valence-corrected chi connectivity index (χ2v) is 4.37. The minimum Gasteiger partial charge on any atom is -0.442 e. The normalized spacial score (nSPS) is 13.4. The van der Waals surface area contributed by atoms with Crippen LogP contribution in [0.3, 0.4) is 0 Å². The van der Waals surface area contributed by atoms with Gasteiger partial charge in [-0.25, -0.2) is 4.79 Å². The molecule has 0 saturated carbocycles. The number of carbonyl (C=O) groups is 1. The third-order valence-corrected chi connectivity index (χ3v) is 2.82. The average molecular weight is 263 g/mol. The largest absolute Gasteiger partial charge is 0.442 e. The van der Waals surface area contributed by atoms with Gasteiger partial charge in [-0.3, -0.25) is 0 Å². The molecule has 0 aliphatic heterocycles. The van der Waals surface area contributed by atoms with Gasteiger partial charge in [-0.15, -0.1) is 0 Å². The molecule has 2 atom stereocenters. The Kier molecular flexibility index (Phi) is 6.09. The molecule has 0 bridgehead atoms. The summed E-state index contributed by atoms with van der Waals surface area (Å²) in [6.45, 7) is 7.95. The lowest BCUT2D eigenvalue weighted by molar-refractivity contribution is 0.113. The third kappa shape index (κ3) is 5.14. The zero-order chi connectivity index (χ0) is 14.3. The SMILES string of the molecule is C=C(C[C@@H](O)c1ccccc1)[C@@H](C)OC(=O)NCC. The van der Waals surface area contributed by atoms with E-state index in [2.05, 4.69) is 11.9 Å². The van der Waals surface area contributed by atoms with E-state index in [1.165, 1.54) is 0 Å². The van der Waals surface area contributed by atoms with Gasteiger partial charge < -0.3 is 15.2 Å². The van der Waals surface area contributed by atoms with Gasteiger partial charge in [-0.05, 0) is 25.0 Å². The average Bonchev–Trinajstić information content (AvgIpc) is 2.39. The van der Waals surface area contributed by atoms with E-state index in [0.717, 1.165) is 5.56 Å². The summed E-state index contributed by atoms with van der Waals surface area (Å²) in [6, 6.07) is 9.35. The lowest BCUT2D eigenvalue weighted by Gasteiger charge is -2.19. The number of ether oxygens (including phenoxy) is 1. The number of hydrogen-bond donors (Lipinski definition) is 2. The number of carbonyl (C=O) groups excluding carboxylic acids is 1. The van der Waals surface area contributed by atoms with Gasteiger partial charge in [0, 0.05) is 13.0 Å². The fourth-order valence-corrected chi connectivity index (χ4v) is 1.64. The Labute approximate surface area is 114 Å². The summed E-state index contributed by atoms with van der Waals surface area (Å²) >= 11 is 0. The van der Waals surface area contributed by atoms with Gasteiger partial charge in [0.05, 0.1) is 6.10 Å². The summed E-state index contributed by atoms with van der Waals surface area (Å²) < 4.78 is 5.13. The van der Waals surface area contributed by atoms with Crippen LogP contribution in [-0.4, -0.2) is 23.8 Å².